The number of hydrogen-bond donors (Lipinski definition) is 0. The SMILES string of the molecule is Clc1cnn(-c2ccc(-c3ccco3)cc2Cl)c1. The lowest BCUT2D eigenvalue weighted by molar-refractivity contribution is 0.582. The summed E-state index contributed by atoms with van der Waals surface area (Å²) < 4.78 is 6.96. The van der Waals surface area contributed by atoms with Gasteiger partial charge in [-0.2, -0.15) is 5.10 Å². The molecule has 3 nitrogen and oxygen atoms in total. The molecule has 18 heavy (non-hydrogen) atoms. The average molecular weight is 279 g/mol. The summed E-state index contributed by atoms with van der Waals surface area (Å²) in [4.78, 5) is 0. The highest BCUT2D eigenvalue weighted by molar-refractivity contribution is 6.32. The Kier molecular flexibility index (Phi) is 2.86. The first-order chi connectivity index (χ1) is 8.74. The van der Waals surface area contributed by atoms with Crippen LogP contribution in [0.3, 0.4) is 0 Å². The predicted molar refractivity (Wildman–Crippen MR) is 71.3 cm³/mol. The van der Waals surface area contributed by atoms with Crippen LogP contribution >= 0.6 is 23.2 Å². The Hall–Kier alpha value is -1.71. The van der Waals surface area contributed by atoms with E-state index in [1.54, 1.807) is 23.3 Å². The van der Waals surface area contributed by atoms with Crippen molar-refractivity contribution in [1.29, 1.82) is 0 Å². The van der Waals surface area contributed by atoms with Crippen LogP contribution in [-0.4, -0.2) is 9.78 Å². The molecule has 2 heterocycles. The van der Waals surface area contributed by atoms with Crippen LogP contribution in [0.2, 0.25) is 10.0 Å². The Morgan fingerprint density at radius 3 is 2.67 bits per heavy atom. The number of hydrogen-bond acceptors (Lipinski definition) is 2. The van der Waals surface area contributed by atoms with Gasteiger partial charge in [-0.3, -0.25) is 0 Å². The Bertz CT molecular complexity index is 674. The van der Waals surface area contributed by atoms with Crippen LogP contribution in [0, 0.1) is 0 Å². The molecule has 0 atom stereocenters. The lowest BCUT2D eigenvalue weighted by atomic mass is 10.1. The maximum absolute atomic E-state index is 6.24. The van der Waals surface area contributed by atoms with Crippen LogP contribution in [0.4, 0.5) is 0 Å². The molecule has 0 aliphatic rings. The van der Waals surface area contributed by atoms with Crippen molar-refractivity contribution in [2.75, 3.05) is 0 Å². The third kappa shape index (κ3) is 2.03. The highest BCUT2D eigenvalue weighted by Gasteiger charge is 2.08. The zero-order chi connectivity index (χ0) is 12.5. The first kappa shape index (κ1) is 11.4. The van der Waals surface area contributed by atoms with Gasteiger partial charge >= 0.3 is 0 Å². The Morgan fingerprint density at radius 2 is 2.06 bits per heavy atom. The molecule has 1 aromatic carbocycles. The van der Waals surface area contributed by atoms with E-state index in [1.807, 2.05) is 30.3 Å². The van der Waals surface area contributed by atoms with Crippen molar-refractivity contribution in [2.45, 2.75) is 0 Å². The van der Waals surface area contributed by atoms with Gasteiger partial charge in [0, 0.05) is 11.8 Å². The second-order valence-electron chi connectivity index (χ2n) is 3.75. The summed E-state index contributed by atoms with van der Waals surface area (Å²) in [6.45, 7) is 0. The third-order valence-electron chi connectivity index (χ3n) is 2.55. The van der Waals surface area contributed by atoms with Gasteiger partial charge < -0.3 is 4.42 Å². The van der Waals surface area contributed by atoms with E-state index in [1.165, 1.54) is 0 Å². The lowest BCUT2D eigenvalue weighted by Gasteiger charge is -2.05. The molecule has 2 aromatic heterocycles. The number of rotatable bonds is 2. The summed E-state index contributed by atoms with van der Waals surface area (Å²) in [5.74, 6) is 0.780. The smallest absolute Gasteiger partial charge is 0.133 e. The van der Waals surface area contributed by atoms with Gasteiger partial charge in [-0.25, -0.2) is 4.68 Å². The van der Waals surface area contributed by atoms with Crippen molar-refractivity contribution >= 4 is 23.2 Å². The van der Waals surface area contributed by atoms with Crippen molar-refractivity contribution in [3.05, 3.63) is 59.0 Å². The van der Waals surface area contributed by atoms with Gasteiger partial charge in [0.05, 0.1) is 28.2 Å². The number of nitrogens with zero attached hydrogens (tertiary/aromatic N) is 2. The largest absolute Gasteiger partial charge is 0.464 e. The fourth-order valence-corrected chi connectivity index (χ4v) is 2.12. The van der Waals surface area contributed by atoms with Crippen LogP contribution in [0.5, 0.6) is 0 Å². The molecule has 0 aliphatic carbocycles. The Labute approximate surface area is 114 Å². The number of halogens is 2. The van der Waals surface area contributed by atoms with Crippen molar-refractivity contribution < 1.29 is 4.42 Å². The van der Waals surface area contributed by atoms with Crippen molar-refractivity contribution in [3.8, 4) is 17.0 Å². The minimum atomic E-state index is 0.571. The van der Waals surface area contributed by atoms with E-state index in [9.17, 15) is 0 Å². The van der Waals surface area contributed by atoms with E-state index in [0.29, 0.717) is 10.0 Å². The topological polar surface area (TPSA) is 31.0 Å². The third-order valence-corrected chi connectivity index (χ3v) is 3.05. The molecule has 5 heteroatoms. The second-order valence-corrected chi connectivity index (χ2v) is 4.59. The Morgan fingerprint density at radius 1 is 1.17 bits per heavy atom. The highest BCUT2D eigenvalue weighted by Crippen LogP contribution is 2.28. The van der Waals surface area contributed by atoms with Gasteiger partial charge in [0.1, 0.15) is 5.76 Å². The molecule has 0 unspecified atom stereocenters. The molecule has 0 radical (unpaired) electrons. The number of benzene rings is 1. The monoisotopic (exact) mass is 278 g/mol. The quantitative estimate of drug-likeness (QED) is 0.694. The number of furan rings is 1. The van der Waals surface area contributed by atoms with Gasteiger partial charge in [-0.15, -0.1) is 0 Å². The van der Waals surface area contributed by atoms with Crippen molar-refractivity contribution in [3.63, 3.8) is 0 Å². The molecule has 0 aliphatic heterocycles. The van der Waals surface area contributed by atoms with Crippen LogP contribution in [-0.2, 0) is 0 Å². The van der Waals surface area contributed by atoms with Gasteiger partial charge in [0.15, 0.2) is 0 Å². The summed E-state index contributed by atoms with van der Waals surface area (Å²) in [5, 5.41) is 5.27. The molecular weight excluding hydrogens is 271 g/mol. The van der Waals surface area contributed by atoms with Gasteiger partial charge in [0.25, 0.3) is 0 Å². The first-order valence-corrected chi connectivity index (χ1v) is 6.03. The fourth-order valence-electron chi connectivity index (χ4n) is 1.72. The van der Waals surface area contributed by atoms with Gasteiger partial charge in [0.2, 0.25) is 0 Å². The molecule has 90 valence electrons. The van der Waals surface area contributed by atoms with Crippen molar-refractivity contribution in [1.82, 2.24) is 9.78 Å². The van der Waals surface area contributed by atoms with Crippen LogP contribution in [0.25, 0.3) is 17.0 Å². The van der Waals surface area contributed by atoms with E-state index >= 15 is 0 Å². The zero-order valence-electron chi connectivity index (χ0n) is 9.18. The zero-order valence-corrected chi connectivity index (χ0v) is 10.7. The summed E-state index contributed by atoms with van der Waals surface area (Å²) >= 11 is 12.1. The molecule has 3 aromatic rings. The molecule has 0 fully saturated rings. The van der Waals surface area contributed by atoms with E-state index in [-0.39, 0.29) is 0 Å². The van der Waals surface area contributed by atoms with Crippen LogP contribution in [0.1, 0.15) is 0 Å². The normalized spacial score (nSPS) is 10.8. The average Bonchev–Trinajstić information content (AvgIpc) is 2.99. The standard InChI is InChI=1S/C13H8Cl2N2O/c14-10-7-16-17(8-10)12-4-3-9(6-11(12)15)13-2-1-5-18-13/h1-8H. The minimum absolute atomic E-state index is 0.571. The Balaban J connectivity index is 2.04. The van der Waals surface area contributed by atoms with E-state index in [2.05, 4.69) is 5.10 Å². The molecule has 0 saturated carbocycles. The molecule has 3 rings (SSSR count). The molecule has 0 amide bonds. The predicted octanol–water partition coefficient (Wildman–Crippen LogP) is 4.44. The molecular formula is C13H8Cl2N2O. The molecule has 0 N–H and O–H groups in total. The first-order valence-electron chi connectivity index (χ1n) is 5.28. The number of aromatic nitrogens is 2. The van der Waals surface area contributed by atoms with Crippen LogP contribution < -0.4 is 0 Å². The van der Waals surface area contributed by atoms with Crippen LogP contribution in [0.15, 0.2) is 53.4 Å². The molecule has 0 spiro atoms. The van der Waals surface area contributed by atoms with E-state index in [0.717, 1.165) is 17.0 Å². The molecule has 0 bridgehead atoms. The lowest BCUT2D eigenvalue weighted by Crippen LogP contribution is -1.95. The van der Waals surface area contributed by atoms with Gasteiger partial charge in [-0.05, 0) is 30.3 Å². The van der Waals surface area contributed by atoms with Crippen molar-refractivity contribution in [2.24, 2.45) is 0 Å². The maximum Gasteiger partial charge on any atom is 0.133 e. The maximum atomic E-state index is 6.24. The molecule has 0 saturated heterocycles. The fraction of sp³-hybridized carbons (Fsp3) is 0. The highest BCUT2D eigenvalue weighted by atomic mass is 35.5. The minimum Gasteiger partial charge on any atom is -0.464 e. The second kappa shape index (κ2) is 4.52. The summed E-state index contributed by atoms with van der Waals surface area (Å²) in [5.41, 5.74) is 1.70. The van der Waals surface area contributed by atoms with E-state index in [4.69, 9.17) is 27.6 Å². The summed E-state index contributed by atoms with van der Waals surface area (Å²) in [6, 6.07) is 9.37. The summed E-state index contributed by atoms with van der Waals surface area (Å²) in [7, 11) is 0. The van der Waals surface area contributed by atoms with Gasteiger partial charge in [-0.1, -0.05) is 23.2 Å². The van der Waals surface area contributed by atoms with E-state index < -0.39 is 0 Å². The summed E-state index contributed by atoms with van der Waals surface area (Å²) in [6.07, 6.45) is 4.90.